The molecular formula is C15H13ClN2O5S2. The number of hydrogen-bond donors (Lipinski definition) is 1. The van der Waals surface area contributed by atoms with E-state index in [1.54, 1.807) is 30.3 Å². The van der Waals surface area contributed by atoms with E-state index in [1.165, 1.54) is 12.1 Å². The van der Waals surface area contributed by atoms with Crippen LogP contribution in [0.1, 0.15) is 11.6 Å². The zero-order chi connectivity index (χ0) is 18.0. The predicted molar refractivity (Wildman–Crippen MR) is 91.9 cm³/mol. The molecule has 0 saturated carbocycles. The van der Waals surface area contributed by atoms with Gasteiger partial charge in [0, 0.05) is 0 Å². The quantitative estimate of drug-likeness (QED) is 0.803. The van der Waals surface area contributed by atoms with Gasteiger partial charge in [-0.05, 0) is 17.7 Å². The number of thiophene rings is 1. The van der Waals surface area contributed by atoms with E-state index in [4.69, 9.17) is 11.6 Å². The highest BCUT2D eigenvalue weighted by atomic mass is 35.5. The van der Waals surface area contributed by atoms with Crippen LogP contribution in [0.4, 0.5) is 4.79 Å². The third-order valence-electron chi connectivity index (χ3n) is 3.52. The predicted octanol–water partition coefficient (Wildman–Crippen LogP) is 2.40. The third kappa shape index (κ3) is 4.01. The Labute approximate surface area is 153 Å². The largest absolute Gasteiger partial charge is 0.439 e. The van der Waals surface area contributed by atoms with Gasteiger partial charge in [-0.3, -0.25) is 4.79 Å². The molecule has 25 heavy (non-hydrogen) atoms. The maximum absolute atomic E-state index is 12.6. The van der Waals surface area contributed by atoms with E-state index in [2.05, 4.69) is 9.46 Å². The molecule has 1 atom stereocenters. The van der Waals surface area contributed by atoms with Gasteiger partial charge in [-0.1, -0.05) is 41.9 Å². The molecule has 2 amide bonds. The van der Waals surface area contributed by atoms with Crippen molar-refractivity contribution in [3.05, 3.63) is 52.4 Å². The summed E-state index contributed by atoms with van der Waals surface area (Å²) in [6.45, 7) is -0.506. The molecule has 2 aromatic rings. The maximum atomic E-state index is 12.6. The topological polar surface area (TPSA) is 92.8 Å². The van der Waals surface area contributed by atoms with Crippen LogP contribution in [-0.4, -0.2) is 38.5 Å². The molecule has 1 N–H and O–H groups in total. The van der Waals surface area contributed by atoms with Gasteiger partial charge in [0.1, 0.15) is 4.21 Å². The van der Waals surface area contributed by atoms with Crippen molar-refractivity contribution in [3.8, 4) is 0 Å². The summed E-state index contributed by atoms with van der Waals surface area (Å²) < 4.78 is 32.8. The molecule has 1 aliphatic rings. The number of nitrogens with one attached hydrogen (secondary N) is 1. The lowest BCUT2D eigenvalue weighted by atomic mass is 10.1. The minimum Gasteiger partial charge on any atom is -0.439 e. The number of nitrogens with zero attached hydrogens (tertiary/aromatic N) is 1. The van der Waals surface area contributed by atoms with E-state index >= 15 is 0 Å². The van der Waals surface area contributed by atoms with Gasteiger partial charge in [-0.15, -0.1) is 11.3 Å². The van der Waals surface area contributed by atoms with Crippen LogP contribution in [0.25, 0.3) is 0 Å². The van der Waals surface area contributed by atoms with Gasteiger partial charge < -0.3 is 4.74 Å². The molecule has 2 heterocycles. The monoisotopic (exact) mass is 400 g/mol. The van der Waals surface area contributed by atoms with Crippen LogP contribution in [0.5, 0.6) is 0 Å². The smallest absolute Gasteiger partial charge is 0.417 e. The van der Waals surface area contributed by atoms with Crippen LogP contribution < -0.4 is 4.72 Å². The number of ether oxygens (including phenoxy) is 1. The Morgan fingerprint density at radius 2 is 1.92 bits per heavy atom. The Hall–Kier alpha value is -1.94. The van der Waals surface area contributed by atoms with Gasteiger partial charge in [0.15, 0.2) is 6.61 Å². The van der Waals surface area contributed by atoms with Crippen LogP contribution in [0.15, 0.2) is 46.7 Å². The van der Waals surface area contributed by atoms with Crippen molar-refractivity contribution < 1.29 is 22.7 Å². The number of amides is 2. The first-order valence-corrected chi connectivity index (χ1v) is 9.84. The van der Waals surface area contributed by atoms with Gasteiger partial charge in [-0.25, -0.2) is 22.8 Å². The highest BCUT2D eigenvalue weighted by molar-refractivity contribution is 7.91. The number of cyclic esters (lactones) is 1. The lowest BCUT2D eigenvalue weighted by Gasteiger charge is -2.22. The van der Waals surface area contributed by atoms with E-state index in [0.717, 1.165) is 16.2 Å². The fourth-order valence-corrected chi connectivity index (χ4v) is 5.04. The van der Waals surface area contributed by atoms with E-state index in [1.807, 2.05) is 0 Å². The van der Waals surface area contributed by atoms with Crippen molar-refractivity contribution >= 4 is 45.0 Å². The minimum absolute atomic E-state index is 0.0498. The lowest BCUT2D eigenvalue weighted by molar-refractivity contribution is -0.126. The normalized spacial score (nSPS) is 16.1. The van der Waals surface area contributed by atoms with E-state index in [-0.39, 0.29) is 17.4 Å². The van der Waals surface area contributed by atoms with Crippen molar-refractivity contribution in [2.24, 2.45) is 0 Å². The van der Waals surface area contributed by atoms with E-state index in [9.17, 15) is 18.0 Å². The van der Waals surface area contributed by atoms with Crippen molar-refractivity contribution in [3.63, 3.8) is 0 Å². The second-order valence-corrected chi connectivity index (χ2v) is 8.86. The Morgan fingerprint density at radius 3 is 2.48 bits per heavy atom. The van der Waals surface area contributed by atoms with E-state index < -0.39 is 28.1 Å². The molecule has 1 aliphatic heterocycles. The van der Waals surface area contributed by atoms with Crippen LogP contribution in [0, 0.1) is 0 Å². The average Bonchev–Trinajstić information content (AvgIpc) is 3.16. The first-order chi connectivity index (χ1) is 11.9. The summed E-state index contributed by atoms with van der Waals surface area (Å²) in [7, 11) is -3.87. The Balaban J connectivity index is 1.89. The molecule has 0 radical (unpaired) electrons. The summed E-state index contributed by atoms with van der Waals surface area (Å²) in [4.78, 5) is 24.3. The number of halogens is 1. The Bertz CT molecular complexity index is 882. The van der Waals surface area contributed by atoms with Crippen LogP contribution in [0.2, 0.25) is 4.34 Å². The molecule has 132 valence electrons. The summed E-state index contributed by atoms with van der Waals surface area (Å²) in [5.74, 6) is -0.510. The second-order valence-electron chi connectivity index (χ2n) is 5.20. The molecule has 10 heteroatoms. The van der Waals surface area contributed by atoms with Gasteiger partial charge >= 0.3 is 6.09 Å². The summed E-state index contributed by atoms with van der Waals surface area (Å²) in [5, 5.41) is 0. The number of sulfonamides is 1. The Morgan fingerprint density at radius 1 is 1.20 bits per heavy atom. The third-order valence-corrected chi connectivity index (χ3v) is 6.71. The molecule has 3 rings (SSSR count). The second kappa shape index (κ2) is 7.12. The molecule has 0 bridgehead atoms. The molecule has 7 nitrogen and oxygen atoms in total. The zero-order valence-corrected chi connectivity index (χ0v) is 15.1. The molecule has 1 saturated heterocycles. The highest BCUT2D eigenvalue weighted by Gasteiger charge is 2.34. The lowest BCUT2D eigenvalue weighted by Crippen LogP contribution is -2.40. The van der Waals surface area contributed by atoms with Crippen LogP contribution in [0.3, 0.4) is 0 Å². The number of imide groups is 1. The molecule has 0 spiro atoms. The van der Waals surface area contributed by atoms with Gasteiger partial charge in [0.2, 0.25) is 0 Å². The fourth-order valence-electron chi connectivity index (χ4n) is 2.32. The fraction of sp³-hybridized carbons (Fsp3) is 0.200. The number of carbonyl (C=O) groups excluding carboxylic acids is 2. The summed E-state index contributed by atoms with van der Waals surface area (Å²) in [6, 6.07) is 10.7. The minimum atomic E-state index is -3.87. The molecule has 1 aromatic heterocycles. The summed E-state index contributed by atoms with van der Waals surface area (Å²) in [5.41, 5.74) is 0.612. The van der Waals surface area contributed by atoms with Crippen molar-refractivity contribution in [2.45, 2.75) is 10.3 Å². The number of hydrogen-bond acceptors (Lipinski definition) is 6. The highest BCUT2D eigenvalue weighted by Crippen LogP contribution is 2.27. The van der Waals surface area contributed by atoms with Crippen molar-refractivity contribution in [2.75, 3.05) is 13.2 Å². The number of benzene rings is 1. The van der Waals surface area contributed by atoms with Gasteiger partial charge in [0.05, 0.1) is 16.9 Å². The van der Waals surface area contributed by atoms with Crippen LogP contribution >= 0.6 is 22.9 Å². The summed E-state index contributed by atoms with van der Waals surface area (Å²) >= 11 is 6.73. The zero-order valence-electron chi connectivity index (χ0n) is 12.7. The Kier molecular flexibility index (Phi) is 5.09. The molecule has 0 unspecified atom stereocenters. The van der Waals surface area contributed by atoms with Gasteiger partial charge in [-0.2, -0.15) is 0 Å². The van der Waals surface area contributed by atoms with E-state index in [0.29, 0.717) is 9.90 Å². The number of carbonyl (C=O) groups is 2. The van der Waals surface area contributed by atoms with Crippen molar-refractivity contribution in [1.29, 1.82) is 0 Å². The molecule has 0 aliphatic carbocycles. The summed E-state index contributed by atoms with van der Waals surface area (Å²) in [6.07, 6.45) is -0.788. The molecular weight excluding hydrogens is 388 g/mol. The first-order valence-electron chi connectivity index (χ1n) is 7.16. The van der Waals surface area contributed by atoms with Crippen LogP contribution in [-0.2, 0) is 19.6 Å². The maximum Gasteiger partial charge on any atom is 0.417 e. The molecule has 1 aromatic carbocycles. The SMILES string of the molecule is O=C1COC(=O)N1C[C@H](NS(=O)(=O)c1ccc(Cl)s1)c1ccccc1. The average molecular weight is 401 g/mol. The van der Waals surface area contributed by atoms with Gasteiger partial charge in [0.25, 0.3) is 15.9 Å². The molecule has 1 fully saturated rings. The standard InChI is InChI=1S/C15H13ClN2O5S2/c16-12-6-7-14(24-12)25(21,22)17-11(10-4-2-1-3-5-10)8-18-13(19)9-23-15(18)20/h1-7,11,17H,8-9H2/t11-/m0/s1. The van der Waals surface area contributed by atoms with Crippen molar-refractivity contribution in [1.82, 2.24) is 9.62 Å². The number of rotatable bonds is 6. The first kappa shape index (κ1) is 17.9.